The summed E-state index contributed by atoms with van der Waals surface area (Å²) >= 11 is 0. The van der Waals surface area contributed by atoms with Gasteiger partial charge in [0.25, 0.3) is 0 Å². The third-order valence-electron chi connectivity index (χ3n) is 4.50. The standard InChI is InChI=1S/C14H27N3O2/c1-2-6-16-12(13(15)18)10-17-7-3-14(11-17)4-8-19-9-5-14/h12,16H,2-11H2,1H3,(H2,15,18). The quantitative estimate of drug-likeness (QED) is 0.730. The molecule has 2 rings (SSSR count). The minimum atomic E-state index is -0.235. The Morgan fingerprint density at radius 1 is 1.42 bits per heavy atom. The summed E-state index contributed by atoms with van der Waals surface area (Å²) in [5.41, 5.74) is 5.91. The van der Waals surface area contributed by atoms with Gasteiger partial charge in [0, 0.05) is 26.3 Å². The van der Waals surface area contributed by atoms with E-state index in [1.165, 1.54) is 6.42 Å². The first-order chi connectivity index (χ1) is 9.15. The second-order valence-corrected chi connectivity index (χ2v) is 6.01. The Balaban J connectivity index is 1.83. The molecular formula is C14H27N3O2. The molecule has 1 unspecified atom stereocenters. The van der Waals surface area contributed by atoms with E-state index in [0.717, 1.165) is 58.7 Å². The van der Waals surface area contributed by atoms with Crippen LogP contribution in [0.2, 0.25) is 0 Å². The van der Waals surface area contributed by atoms with Gasteiger partial charge in [-0.15, -0.1) is 0 Å². The maximum absolute atomic E-state index is 11.5. The molecule has 3 N–H and O–H groups in total. The Hall–Kier alpha value is -0.650. The van der Waals surface area contributed by atoms with Gasteiger partial charge in [-0.2, -0.15) is 0 Å². The summed E-state index contributed by atoms with van der Waals surface area (Å²) in [6.07, 6.45) is 4.57. The third kappa shape index (κ3) is 3.91. The van der Waals surface area contributed by atoms with Crippen molar-refractivity contribution in [2.24, 2.45) is 11.1 Å². The topological polar surface area (TPSA) is 67.6 Å². The van der Waals surface area contributed by atoms with Crippen LogP contribution in [0.25, 0.3) is 0 Å². The maximum Gasteiger partial charge on any atom is 0.235 e. The maximum atomic E-state index is 11.5. The van der Waals surface area contributed by atoms with Crippen LogP contribution < -0.4 is 11.1 Å². The van der Waals surface area contributed by atoms with E-state index in [4.69, 9.17) is 10.5 Å². The number of amides is 1. The normalized spacial score (nSPS) is 24.7. The third-order valence-corrected chi connectivity index (χ3v) is 4.50. The van der Waals surface area contributed by atoms with Crippen molar-refractivity contribution in [3.8, 4) is 0 Å². The predicted molar refractivity (Wildman–Crippen MR) is 74.8 cm³/mol. The van der Waals surface area contributed by atoms with Gasteiger partial charge in [-0.1, -0.05) is 6.92 Å². The average Bonchev–Trinajstić information content (AvgIpc) is 2.78. The highest BCUT2D eigenvalue weighted by Crippen LogP contribution is 2.39. The van der Waals surface area contributed by atoms with E-state index in [0.29, 0.717) is 5.41 Å². The van der Waals surface area contributed by atoms with Crippen LogP contribution in [-0.2, 0) is 9.53 Å². The predicted octanol–water partition coefficient (Wildman–Crippen LogP) is 0.342. The zero-order valence-electron chi connectivity index (χ0n) is 12.0. The zero-order valence-corrected chi connectivity index (χ0v) is 12.0. The summed E-state index contributed by atoms with van der Waals surface area (Å²) in [6.45, 7) is 7.64. The van der Waals surface area contributed by atoms with Crippen LogP contribution in [-0.4, -0.2) is 56.2 Å². The summed E-state index contributed by atoms with van der Waals surface area (Å²) in [6, 6.07) is -0.213. The number of primary amides is 1. The van der Waals surface area contributed by atoms with E-state index in [-0.39, 0.29) is 11.9 Å². The molecule has 19 heavy (non-hydrogen) atoms. The molecule has 0 aromatic heterocycles. The molecule has 0 aromatic rings. The largest absolute Gasteiger partial charge is 0.381 e. The van der Waals surface area contributed by atoms with Crippen molar-refractivity contribution in [2.75, 3.05) is 39.4 Å². The molecule has 5 nitrogen and oxygen atoms in total. The fourth-order valence-corrected chi connectivity index (χ4v) is 3.23. The summed E-state index contributed by atoms with van der Waals surface area (Å²) in [5, 5.41) is 3.25. The molecule has 0 bridgehead atoms. The molecule has 2 fully saturated rings. The van der Waals surface area contributed by atoms with Crippen molar-refractivity contribution in [1.82, 2.24) is 10.2 Å². The number of ether oxygens (including phenoxy) is 1. The van der Waals surface area contributed by atoms with Crippen LogP contribution in [0.15, 0.2) is 0 Å². The Bertz CT molecular complexity index is 303. The SMILES string of the molecule is CCCNC(CN1CCC2(CCOCC2)C1)C(N)=O. The summed E-state index contributed by atoms with van der Waals surface area (Å²) < 4.78 is 5.46. The number of likely N-dealkylation sites (tertiary alicyclic amines) is 1. The summed E-state index contributed by atoms with van der Waals surface area (Å²) in [7, 11) is 0. The van der Waals surface area contributed by atoms with Crippen LogP contribution >= 0.6 is 0 Å². The molecular weight excluding hydrogens is 242 g/mol. The highest BCUT2D eigenvalue weighted by atomic mass is 16.5. The van der Waals surface area contributed by atoms with Crippen LogP contribution in [0.5, 0.6) is 0 Å². The zero-order chi connectivity index (χ0) is 13.7. The van der Waals surface area contributed by atoms with Gasteiger partial charge in [-0.25, -0.2) is 0 Å². The van der Waals surface area contributed by atoms with E-state index in [1.807, 2.05) is 0 Å². The van der Waals surface area contributed by atoms with Gasteiger partial charge >= 0.3 is 0 Å². The molecule has 0 aliphatic carbocycles. The number of hydrogen-bond acceptors (Lipinski definition) is 4. The van der Waals surface area contributed by atoms with E-state index in [9.17, 15) is 4.79 Å². The van der Waals surface area contributed by atoms with Crippen LogP contribution in [0.3, 0.4) is 0 Å². The molecule has 1 amide bonds. The summed E-state index contributed by atoms with van der Waals surface area (Å²) in [5.74, 6) is -0.235. The van der Waals surface area contributed by atoms with Crippen molar-refractivity contribution in [3.63, 3.8) is 0 Å². The Morgan fingerprint density at radius 3 is 2.79 bits per heavy atom. The van der Waals surface area contributed by atoms with Crippen LogP contribution in [0.1, 0.15) is 32.6 Å². The van der Waals surface area contributed by atoms with Crippen molar-refractivity contribution in [3.05, 3.63) is 0 Å². The van der Waals surface area contributed by atoms with E-state index in [2.05, 4.69) is 17.1 Å². The lowest BCUT2D eigenvalue weighted by Crippen LogP contribution is -2.49. The second kappa shape index (κ2) is 6.68. The highest BCUT2D eigenvalue weighted by molar-refractivity contribution is 5.80. The lowest BCUT2D eigenvalue weighted by Gasteiger charge is -2.33. The average molecular weight is 269 g/mol. The van der Waals surface area contributed by atoms with Gasteiger partial charge in [-0.3, -0.25) is 4.79 Å². The number of nitrogens with two attached hydrogens (primary N) is 1. The number of hydrogen-bond donors (Lipinski definition) is 2. The highest BCUT2D eigenvalue weighted by Gasteiger charge is 2.39. The van der Waals surface area contributed by atoms with Gasteiger partial charge < -0.3 is 20.7 Å². The number of nitrogens with zero attached hydrogens (tertiary/aromatic N) is 1. The summed E-state index contributed by atoms with van der Waals surface area (Å²) in [4.78, 5) is 13.9. The molecule has 0 aromatic carbocycles. The molecule has 2 aliphatic heterocycles. The minimum absolute atomic E-state index is 0.213. The second-order valence-electron chi connectivity index (χ2n) is 6.01. The lowest BCUT2D eigenvalue weighted by molar-refractivity contribution is -0.120. The molecule has 2 aliphatic rings. The first-order valence-electron chi connectivity index (χ1n) is 7.48. The fourth-order valence-electron chi connectivity index (χ4n) is 3.23. The Morgan fingerprint density at radius 2 is 2.16 bits per heavy atom. The smallest absolute Gasteiger partial charge is 0.235 e. The molecule has 1 spiro atoms. The first-order valence-corrected chi connectivity index (χ1v) is 7.48. The van der Waals surface area contributed by atoms with E-state index < -0.39 is 0 Å². The van der Waals surface area contributed by atoms with Gasteiger partial charge in [0.2, 0.25) is 5.91 Å². The number of carbonyl (C=O) groups excluding carboxylic acids is 1. The van der Waals surface area contributed by atoms with Gasteiger partial charge in [0.1, 0.15) is 0 Å². The molecule has 1 atom stereocenters. The minimum Gasteiger partial charge on any atom is -0.381 e. The fraction of sp³-hybridized carbons (Fsp3) is 0.929. The number of nitrogens with one attached hydrogen (secondary N) is 1. The molecule has 5 heteroatoms. The van der Waals surface area contributed by atoms with E-state index >= 15 is 0 Å². The van der Waals surface area contributed by atoms with Crippen LogP contribution in [0, 0.1) is 5.41 Å². The van der Waals surface area contributed by atoms with Gasteiger partial charge in [0.15, 0.2) is 0 Å². The number of carbonyl (C=O) groups is 1. The molecule has 110 valence electrons. The molecule has 0 radical (unpaired) electrons. The van der Waals surface area contributed by atoms with Gasteiger partial charge in [0.05, 0.1) is 6.04 Å². The van der Waals surface area contributed by atoms with Crippen molar-refractivity contribution in [2.45, 2.75) is 38.6 Å². The molecule has 0 saturated carbocycles. The van der Waals surface area contributed by atoms with Crippen molar-refractivity contribution < 1.29 is 9.53 Å². The van der Waals surface area contributed by atoms with Crippen molar-refractivity contribution >= 4 is 5.91 Å². The monoisotopic (exact) mass is 269 g/mol. The lowest BCUT2D eigenvalue weighted by atomic mass is 9.80. The first kappa shape index (κ1) is 14.8. The molecule has 2 heterocycles. The molecule has 2 saturated heterocycles. The Kier molecular flexibility index (Phi) is 5.19. The number of rotatable bonds is 6. The Labute approximate surface area is 115 Å². The van der Waals surface area contributed by atoms with Crippen molar-refractivity contribution in [1.29, 1.82) is 0 Å². The van der Waals surface area contributed by atoms with Gasteiger partial charge in [-0.05, 0) is 44.2 Å². The van der Waals surface area contributed by atoms with Crippen LogP contribution in [0.4, 0.5) is 0 Å². The van der Waals surface area contributed by atoms with E-state index in [1.54, 1.807) is 0 Å².